The largest absolute Gasteiger partial charge is 0.374 e. The van der Waals surface area contributed by atoms with Gasteiger partial charge in [0, 0.05) is 51.0 Å². The SMILES string of the molecule is CN1CCOC(CNCC2CNNC2c2cccnc2)C1. The second-order valence-electron chi connectivity index (χ2n) is 5.96. The van der Waals surface area contributed by atoms with E-state index < -0.39 is 0 Å². The van der Waals surface area contributed by atoms with E-state index in [1.54, 1.807) is 0 Å². The van der Waals surface area contributed by atoms with Crippen LogP contribution < -0.4 is 16.2 Å². The van der Waals surface area contributed by atoms with Gasteiger partial charge in [0.05, 0.1) is 18.8 Å². The topological polar surface area (TPSA) is 61.5 Å². The molecule has 0 bridgehead atoms. The Labute approximate surface area is 126 Å². The molecule has 0 amide bonds. The predicted octanol–water partition coefficient (Wildman–Crippen LogP) is -0.233. The van der Waals surface area contributed by atoms with Gasteiger partial charge in [-0.05, 0) is 18.7 Å². The number of morpholine rings is 1. The first-order chi connectivity index (χ1) is 10.3. The molecule has 1 aromatic heterocycles. The number of aromatic nitrogens is 1. The first kappa shape index (κ1) is 14.9. The summed E-state index contributed by atoms with van der Waals surface area (Å²) in [7, 11) is 2.15. The van der Waals surface area contributed by atoms with Crippen LogP contribution in [-0.4, -0.2) is 62.4 Å². The quantitative estimate of drug-likeness (QED) is 0.696. The van der Waals surface area contributed by atoms with E-state index in [1.165, 1.54) is 5.56 Å². The van der Waals surface area contributed by atoms with E-state index in [2.05, 4.69) is 39.2 Å². The normalized spacial score (nSPS) is 30.6. The molecular weight excluding hydrogens is 266 g/mol. The second kappa shape index (κ2) is 7.29. The fourth-order valence-electron chi connectivity index (χ4n) is 3.06. The lowest BCUT2D eigenvalue weighted by Gasteiger charge is -2.30. The van der Waals surface area contributed by atoms with Gasteiger partial charge in [0.15, 0.2) is 0 Å². The molecule has 0 aromatic carbocycles. The average molecular weight is 291 g/mol. The van der Waals surface area contributed by atoms with Gasteiger partial charge in [-0.3, -0.25) is 10.4 Å². The standard InChI is InChI=1S/C15H25N5O/c1-20-5-6-21-14(11-20)10-17-8-13-9-18-19-15(13)12-3-2-4-16-7-12/h2-4,7,13-15,17-19H,5-6,8-11H2,1H3. The maximum atomic E-state index is 5.78. The molecule has 3 unspecified atom stereocenters. The van der Waals surface area contributed by atoms with E-state index in [0.29, 0.717) is 18.1 Å². The van der Waals surface area contributed by atoms with Gasteiger partial charge < -0.3 is 15.0 Å². The highest BCUT2D eigenvalue weighted by Gasteiger charge is 2.28. The summed E-state index contributed by atoms with van der Waals surface area (Å²) < 4.78 is 5.78. The lowest BCUT2D eigenvalue weighted by Crippen LogP contribution is -2.45. The molecule has 116 valence electrons. The zero-order valence-electron chi connectivity index (χ0n) is 12.6. The van der Waals surface area contributed by atoms with Crippen molar-refractivity contribution in [3.05, 3.63) is 30.1 Å². The first-order valence-corrected chi connectivity index (χ1v) is 7.72. The highest BCUT2D eigenvalue weighted by molar-refractivity contribution is 5.16. The molecule has 3 N–H and O–H groups in total. The van der Waals surface area contributed by atoms with Crippen molar-refractivity contribution in [2.75, 3.05) is 46.4 Å². The average Bonchev–Trinajstić information content (AvgIpc) is 2.97. The van der Waals surface area contributed by atoms with Gasteiger partial charge in [-0.25, -0.2) is 5.43 Å². The van der Waals surface area contributed by atoms with Crippen LogP contribution in [0, 0.1) is 5.92 Å². The number of hydrogen-bond acceptors (Lipinski definition) is 6. The molecule has 0 spiro atoms. The number of ether oxygens (including phenoxy) is 1. The summed E-state index contributed by atoms with van der Waals surface area (Å²) >= 11 is 0. The number of nitrogens with zero attached hydrogens (tertiary/aromatic N) is 2. The Bertz CT molecular complexity index is 429. The van der Waals surface area contributed by atoms with Gasteiger partial charge in [-0.2, -0.15) is 0 Å². The van der Waals surface area contributed by atoms with E-state index in [1.807, 2.05) is 18.5 Å². The summed E-state index contributed by atoms with van der Waals surface area (Å²) in [5, 5.41) is 3.57. The van der Waals surface area contributed by atoms with Gasteiger partial charge in [0.25, 0.3) is 0 Å². The second-order valence-corrected chi connectivity index (χ2v) is 5.96. The van der Waals surface area contributed by atoms with Crippen LogP contribution in [0.3, 0.4) is 0 Å². The summed E-state index contributed by atoms with van der Waals surface area (Å²) in [6.07, 6.45) is 4.07. The molecule has 6 nitrogen and oxygen atoms in total. The minimum absolute atomic E-state index is 0.308. The maximum Gasteiger partial charge on any atom is 0.0826 e. The van der Waals surface area contributed by atoms with Gasteiger partial charge in [-0.15, -0.1) is 0 Å². The van der Waals surface area contributed by atoms with Crippen LogP contribution >= 0.6 is 0 Å². The third kappa shape index (κ3) is 3.99. The van der Waals surface area contributed by atoms with E-state index >= 15 is 0 Å². The van der Waals surface area contributed by atoms with Crippen molar-refractivity contribution in [2.24, 2.45) is 5.92 Å². The molecule has 3 heterocycles. The van der Waals surface area contributed by atoms with Crippen molar-refractivity contribution in [2.45, 2.75) is 12.1 Å². The Morgan fingerprint density at radius 2 is 2.43 bits per heavy atom. The number of pyridine rings is 1. The monoisotopic (exact) mass is 291 g/mol. The van der Waals surface area contributed by atoms with Crippen LogP contribution in [0.5, 0.6) is 0 Å². The summed E-state index contributed by atoms with van der Waals surface area (Å²) in [6.45, 7) is 5.76. The zero-order chi connectivity index (χ0) is 14.5. The molecule has 1 aromatic rings. The number of hydrazine groups is 1. The summed E-state index contributed by atoms with van der Waals surface area (Å²) in [5.74, 6) is 0.524. The maximum absolute atomic E-state index is 5.78. The molecule has 2 aliphatic rings. The van der Waals surface area contributed by atoms with E-state index in [0.717, 1.165) is 39.3 Å². The Balaban J connectivity index is 1.46. The van der Waals surface area contributed by atoms with E-state index in [9.17, 15) is 0 Å². The first-order valence-electron chi connectivity index (χ1n) is 7.72. The Morgan fingerprint density at radius 1 is 1.48 bits per heavy atom. The van der Waals surface area contributed by atoms with Crippen molar-refractivity contribution in [1.29, 1.82) is 0 Å². The summed E-state index contributed by atoms with van der Waals surface area (Å²) in [6, 6.07) is 4.44. The van der Waals surface area contributed by atoms with E-state index in [-0.39, 0.29) is 0 Å². The fraction of sp³-hybridized carbons (Fsp3) is 0.667. The zero-order valence-corrected chi connectivity index (χ0v) is 12.6. The number of rotatable bonds is 5. The molecule has 3 atom stereocenters. The van der Waals surface area contributed by atoms with Crippen molar-refractivity contribution < 1.29 is 4.74 Å². The van der Waals surface area contributed by atoms with Crippen molar-refractivity contribution in [1.82, 2.24) is 26.1 Å². The number of hydrogen-bond donors (Lipinski definition) is 3. The van der Waals surface area contributed by atoms with Gasteiger partial charge >= 0.3 is 0 Å². The van der Waals surface area contributed by atoms with Crippen LogP contribution in [0.2, 0.25) is 0 Å². The van der Waals surface area contributed by atoms with Gasteiger partial charge in [-0.1, -0.05) is 6.07 Å². The van der Waals surface area contributed by atoms with Gasteiger partial charge in [0.2, 0.25) is 0 Å². The van der Waals surface area contributed by atoms with Crippen molar-refractivity contribution in [3.8, 4) is 0 Å². The molecule has 0 radical (unpaired) electrons. The smallest absolute Gasteiger partial charge is 0.0826 e. The van der Waals surface area contributed by atoms with E-state index in [4.69, 9.17) is 4.74 Å². The Hall–Kier alpha value is -1.05. The molecule has 21 heavy (non-hydrogen) atoms. The number of likely N-dealkylation sites (N-methyl/N-ethyl adjacent to an activating group) is 1. The van der Waals surface area contributed by atoms with Crippen LogP contribution in [0.4, 0.5) is 0 Å². The minimum Gasteiger partial charge on any atom is -0.374 e. The minimum atomic E-state index is 0.308. The van der Waals surface area contributed by atoms with Crippen LogP contribution in [0.1, 0.15) is 11.6 Å². The lowest BCUT2D eigenvalue weighted by atomic mass is 9.96. The highest BCUT2D eigenvalue weighted by Crippen LogP contribution is 2.23. The van der Waals surface area contributed by atoms with Crippen LogP contribution in [0.15, 0.2) is 24.5 Å². The number of nitrogens with one attached hydrogen (secondary N) is 3. The third-order valence-electron chi connectivity index (χ3n) is 4.26. The Morgan fingerprint density at radius 3 is 3.24 bits per heavy atom. The predicted molar refractivity (Wildman–Crippen MR) is 81.7 cm³/mol. The molecule has 2 fully saturated rings. The van der Waals surface area contributed by atoms with Gasteiger partial charge in [0.1, 0.15) is 0 Å². The highest BCUT2D eigenvalue weighted by atomic mass is 16.5. The molecule has 0 saturated carbocycles. The van der Waals surface area contributed by atoms with Crippen molar-refractivity contribution in [3.63, 3.8) is 0 Å². The third-order valence-corrected chi connectivity index (χ3v) is 4.26. The fourth-order valence-corrected chi connectivity index (χ4v) is 3.06. The molecule has 0 aliphatic carbocycles. The molecule has 2 saturated heterocycles. The van der Waals surface area contributed by atoms with Crippen LogP contribution in [-0.2, 0) is 4.74 Å². The van der Waals surface area contributed by atoms with Crippen LogP contribution in [0.25, 0.3) is 0 Å². The summed E-state index contributed by atoms with van der Waals surface area (Å²) in [5.41, 5.74) is 7.85. The molecule has 3 rings (SSSR count). The van der Waals surface area contributed by atoms with Crippen molar-refractivity contribution >= 4 is 0 Å². The Kier molecular flexibility index (Phi) is 5.16. The molecule has 6 heteroatoms. The lowest BCUT2D eigenvalue weighted by molar-refractivity contribution is -0.0183. The molecule has 2 aliphatic heterocycles. The molecular formula is C15H25N5O. The summed E-state index contributed by atoms with van der Waals surface area (Å²) in [4.78, 5) is 6.54.